The van der Waals surface area contributed by atoms with E-state index in [2.05, 4.69) is 10.9 Å². The minimum atomic E-state index is -0.398. The first-order valence-electron chi connectivity index (χ1n) is 7.64. The van der Waals surface area contributed by atoms with E-state index in [1.54, 1.807) is 12.1 Å². The van der Waals surface area contributed by atoms with Crippen molar-refractivity contribution in [3.8, 4) is 18.2 Å². The molecule has 0 amide bonds. The second-order valence-electron chi connectivity index (χ2n) is 5.41. The van der Waals surface area contributed by atoms with Crippen molar-refractivity contribution in [2.24, 2.45) is 0 Å². The van der Waals surface area contributed by atoms with Gasteiger partial charge in [0, 0.05) is 0 Å². The molecule has 3 aromatic rings. The molecule has 0 fully saturated rings. The van der Waals surface area contributed by atoms with Crippen LogP contribution in [0.4, 0.5) is 4.39 Å². The smallest absolute Gasteiger partial charge is 0.273 e. The van der Waals surface area contributed by atoms with Gasteiger partial charge in [-0.3, -0.25) is 9.36 Å². The number of halogens is 1. The summed E-state index contributed by atoms with van der Waals surface area (Å²) in [6, 6.07) is 15.5. The summed E-state index contributed by atoms with van der Waals surface area (Å²) in [5, 5.41) is 0. The maximum atomic E-state index is 13.3. The Kier molecular flexibility index (Phi) is 4.91. The second-order valence-corrected chi connectivity index (χ2v) is 5.41. The van der Waals surface area contributed by atoms with Crippen LogP contribution in [0.5, 0.6) is 5.88 Å². The predicted octanol–water partition coefficient (Wildman–Crippen LogP) is 2.99. The quantitative estimate of drug-likeness (QED) is 0.674. The van der Waals surface area contributed by atoms with Gasteiger partial charge in [-0.15, -0.1) is 6.42 Å². The highest BCUT2D eigenvalue weighted by atomic mass is 19.1. The number of hydrogen-bond acceptors (Lipinski definition) is 3. The van der Waals surface area contributed by atoms with Gasteiger partial charge in [0.05, 0.1) is 6.54 Å². The normalized spacial score (nSPS) is 10.2. The standard InChI is InChI=1S/C20H15FN2O2/c1-2-18-19(25-13-15-7-4-3-5-8-15)22-14-23(20(18)24)12-16-9-6-10-17(21)11-16/h1,3-11,14H,12-13H2. The SMILES string of the molecule is C#Cc1c(OCc2ccccc2)ncn(Cc2cccc(F)c2)c1=O. The Morgan fingerprint density at radius 2 is 1.88 bits per heavy atom. The number of hydrogen-bond donors (Lipinski definition) is 0. The highest BCUT2D eigenvalue weighted by Gasteiger charge is 2.12. The summed E-state index contributed by atoms with van der Waals surface area (Å²) in [7, 11) is 0. The topological polar surface area (TPSA) is 44.1 Å². The van der Waals surface area contributed by atoms with Gasteiger partial charge < -0.3 is 4.74 Å². The van der Waals surface area contributed by atoms with Crippen molar-refractivity contribution in [1.82, 2.24) is 9.55 Å². The molecule has 0 radical (unpaired) electrons. The number of ether oxygens (including phenoxy) is 1. The lowest BCUT2D eigenvalue weighted by Crippen LogP contribution is -2.24. The molecular weight excluding hydrogens is 319 g/mol. The zero-order valence-corrected chi connectivity index (χ0v) is 13.4. The Hall–Kier alpha value is -3.39. The first-order valence-corrected chi connectivity index (χ1v) is 7.64. The highest BCUT2D eigenvalue weighted by Crippen LogP contribution is 2.13. The molecule has 25 heavy (non-hydrogen) atoms. The number of benzene rings is 2. The van der Waals surface area contributed by atoms with Crippen LogP contribution in [0.3, 0.4) is 0 Å². The Morgan fingerprint density at radius 1 is 1.12 bits per heavy atom. The molecular formula is C20H15FN2O2. The number of rotatable bonds is 5. The molecule has 5 heteroatoms. The van der Waals surface area contributed by atoms with Gasteiger partial charge in [0.2, 0.25) is 5.88 Å². The first-order chi connectivity index (χ1) is 12.2. The molecule has 0 unspecified atom stereocenters. The highest BCUT2D eigenvalue weighted by molar-refractivity contribution is 5.38. The lowest BCUT2D eigenvalue weighted by molar-refractivity contribution is 0.290. The lowest BCUT2D eigenvalue weighted by Gasteiger charge is -2.10. The zero-order chi connectivity index (χ0) is 17.6. The van der Waals surface area contributed by atoms with Gasteiger partial charge in [0.1, 0.15) is 18.8 Å². The van der Waals surface area contributed by atoms with Crippen molar-refractivity contribution in [1.29, 1.82) is 0 Å². The predicted molar refractivity (Wildman–Crippen MR) is 92.7 cm³/mol. The molecule has 1 aromatic heterocycles. The third kappa shape index (κ3) is 3.93. The number of terminal acetylenes is 1. The van der Waals surface area contributed by atoms with E-state index in [1.807, 2.05) is 30.3 Å². The van der Waals surface area contributed by atoms with Gasteiger partial charge in [-0.1, -0.05) is 48.4 Å². The Bertz CT molecular complexity index is 975. The van der Waals surface area contributed by atoms with Gasteiger partial charge in [-0.25, -0.2) is 9.37 Å². The van der Waals surface area contributed by atoms with E-state index in [0.717, 1.165) is 5.56 Å². The van der Waals surface area contributed by atoms with E-state index in [9.17, 15) is 9.18 Å². The summed E-state index contributed by atoms with van der Waals surface area (Å²) in [6.45, 7) is 0.438. The van der Waals surface area contributed by atoms with Crippen LogP contribution in [0.15, 0.2) is 65.7 Å². The minimum absolute atomic E-state index is 0.0508. The summed E-state index contributed by atoms with van der Waals surface area (Å²) in [6.07, 6.45) is 6.82. The van der Waals surface area contributed by atoms with Gasteiger partial charge in [-0.2, -0.15) is 0 Å². The van der Waals surface area contributed by atoms with Crippen molar-refractivity contribution in [3.63, 3.8) is 0 Å². The Balaban J connectivity index is 1.84. The van der Waals surface area contributed by atoms with E-state index in [4.69, 9.17) is 11.2 Å². The second kappa shape index (κ2) is 7.45. The van der Waals surface area contributed by atoms with E-state index in [0.29, 0.717) is 5.56 Å². The Labute approximate surface area is 144 Å². The van der Waals surface area contributed by atoms with E-state index in [-0.39, 0.29) is 30.4 Å². The van der Waals surface area contributed by atoms with Crippen LogP contribution in [0.25, 0.3) is 0 Å². The first kappa shape index (κ1) is 16.5. The van der Waals surface area contributed by atoms with Gasteiger partial charge in [0.15, 0.2) is 5.56 Å². The molecule has 3 rings (SSSR count). The van der Waals surface area contributed by atoms with E-state index in [1.165, 1.54) is 23.0 Å². The number of nitrogens with zero attached hydrogens (tertiary/aromatic N) is 2. The summed E-state index contributed by atoms with van der Waals surface area (Å²) < 4.78 is 20.2. The third-order valence-electron chi connectivity index (χ3n) is 3.61. The maximum Gasteiger partial charge on any atom is 0.273 e. The Morgan fingerprint density at radius 3 is 2.60 bits per heavy atom. The van der Waals surface area contributed by atoms with Crippen LogP contribution in [0.1, 0.15) is 16.7 Å². The van der Waals surface area contributed by atoms with Crippen LogP contribution in [-0.2, 0) is 13.2 Å². The van der Waals surface area contributed by atoms with Crippen molar-refractivity contribution in [3.05, 3.63) is 93.8 Å². The molecule has 0 N–H and O–H groups in total. The molecule has 0 aliphatic rings. The van der Waals surface area contributed by atoms with Crippen LogP contribution >= 0.6 is 0 Å². The lowest BCUT2D eigenvalue weighted by atomic mass is 10.2. The fraction of sp³-hybridized carbons (Fsp3) is 0.100. The molecule has 124 valence electrons. The largest absolute Gasteiger partial charge is 0.472 e. The molecule has 1 heterocycles. The summed E-state index contributed by atoms with van der Waals surface area (Å²) in [5.74, 6) is 2.10. The van der Waals surface area contributed by atoms with Gasteiger partial charge in [-0.05, 0) is 23.3 Å². The average molecular weight is 334 g/mol. The molecule has 0 spiro atoms. The summed E-state index contributed by atoms with van der Waals surface area (Å²) >= 11 is 0. The molecule has 4 nitrogen and oxygen atoms in total. The van der Waals surface area contributed by atoms with Crippen molar-refractivity contribution in [2.75, 3.05) is 0 Å². The van der Waals surface area contributed by atoms with Crippen LogP contribution in [0.2, 0.25) is 0 Å². The van der Waals surface area contributed by atoms with Crippen LogP contribution in [0, 0.1) is 18.2 Å². The van der Waals surface area contributed by atoms with Crippen LogP contribution < -0.4 is 10.3 Å². The minimum Gasteiger partial charge on any atom is -0.472 e. The fourth-order valence-corrected chi connectivity index (χ4v) is 2.38. The third-order valence-corrected chi connectivity index (χ3v) is 3.61. The average Bonchev–Trinajstić information content (AvgIpc) is 2.63. The van der Waals surface area contributed by atoms with E-state index < -0.39 is 5.56 Å². The molecule has 0 atom stereocenters. The number of aromatic nitrogens is 2. The molecule has 0 aliphatic carbocycles. The summed E-state index contributed by atoms with van der Waals surface area (Å²) in [4.78, 5) is 16.7. The fourth-order valence-electron chi connectivity index (χ4n) is 2.38. The zero-order valence-electron chi connectivity index (χ0n) is 13.4. The van der Waals surface area contributed by atoms with Crippen LogP contribution in [-0.4, -0.2) is 9.55 Å². The van der Waals surface area contributed by atoms with E-state index >= 15 is 0 Å². The molecule has 0 aliphatic heterocycles. The van der Waals surface area contributed by atoms with Crippen molar-refractivity contribution >= 4 is 0 Å². The summed E-state index contributed by atoms with van der Waals surface area (Å²) in [5.41, 5.74) is 1.24. The molecule has 0 saturated heterocycles. The van der Waals surface area contributed by atoms with Gasteiger partial charge >= 0.3 is 0 Å². The maximum absolute atomic E-state index is 13.3. The van der Waals surface area contributed by atoms with Crippen molar-refractivity contribution in [2.45, 2.75) is 13.2 Å². The van der Waals surface area contributed by atoms with Gasteiger partial charge in [0.25, 0.3) is 5.56 Å². The monoisotopic (exact) mass is 334 g/mol. The molecule has 2 aromatic carbocycles. The molecule has 0 bridgehead atoms. The molecule has 0 saturated carbocycles. The van der Waals surface area contributed by atoms with Crippen molar-refractivity contribution < 1.29 is 9.13 Å².